The molecule has 0 fully saturated rings. The number of urea groups is 1. The highest BCUT2D eigenvalue weighted by Crippen LogP contribution is 2.33. The van der Waals surface area contributed by atoms with Crippen LogP contribution in [0.1, 0.15) is 13.8 Å². The second-order valence-electron chi connectivity index (χ2n) is 4.54. The molecule has 0 aliphatic heterocycles. The summed E-state index contributed by atoms with van der Waals surface area (Å²) in [5.41, 5.74) is -3.79. The fourth-order valence-electron chi connectivity index (χ4n) is 1.76. The van der Waals surface area contributed by atoms with Crippen molar-refractivity contribution < 1.29 is 36.6 Å². The summed E-state index contributed by atoms with van der Waals surface area (Å²) >= 11 is 5.52. The van der Waals surface area contributed by atoms with Crippen molar-refractivity contribution in [1.82, 2.24) is 5.32 Å². The topological polar surface area (TPSA) is 76.7 Å². The van der Waals surface area contributed by atoms with Gasteiger partial charge in [0.25, 0.3) is 0 Å². The minimum Gasteiger partial charge on any atom is -0.462 e. The quantitative estimate of drug-likeness (QED) is 0.446. The first-order chi connectivity index (χ1) is 11.6. The molecule has 6 nitrogen and oxygen atoms in total. The van der Waals surface area contributed by atoms with Gasteiger partial charge in [0, 0.05) is 12.3 Å². The van der Waals surface area contributed by atoms with E-state index in [0.717, 1.165) is 18.2 Å². The summed E-state index contributed by atoms with van der Waals surface area (Å²) in [7, 11) is 0. The van der Waals surface area contributed by atoms with Gasteiger partial charge < -0.3 is 14.8 Å². The molecule has 1 aromatic rings. The minimum atomic E-state index is -5.30. The highest BCUT2D eigenvalue weighted by atomic mass is 35.5. The number of ether oxygens (including phenoxy) is 2. The lowest BCUT2D eigenvalue weighted by Gasteiger charge is -2.33. The molecule has 0 spiro atoms. The molecular formula is C14H15ClF4N2O4. The van der Waals surface area contributed by atoms with Crippen molar-refractivity contribution in [2.75, 3.05) is 18.5 Å². The van der Waals surface area contributed by atoms with Crippen LogP contribution in [-0.2, 0) is 14.3 Å². The van der Waals surface area contributed by atoms with Crippen LogP contribution in [-0.4, -0.2) is 37.1 Å². The molecule has 25 heavy (non-hydrogen) atoms. The van der Waals surface area contributed by atoms with Gasteiger partial charge in [-0.05, 0) is 32.0 Å². The van der Waals surface area contributed by atoms with Gasteiger partial charge in [-0.25, -0.2) is 14.0 Å². The molecule has 0 unspecified atom stereocenters. The number of hydrogen-bond acceptors (Lipinski definition) is 4. The zero-order valence-electron chi connectivity index (χ0n) is 13.2. The molecule has 1 aromatic carbocycles. The van der Waals surface area contributed by atoms with Crippen LogP contribution < -0.4 is 10.6 Å². The van der Waals surface area contributed by atoms with Crippen LogP contribution in [0.2, 0.25) is 5.02 Å². The lowest BCUT2D eigenvalue weighted by Crippen LogP contribution is -2.67. The Kier molecular flexibility index (Phi) is 7.00. The van der Waals surface area contributed by atoms with Crippen molar-refractivity contribution in [3.05, 3.63) is 29.0 Å². The van der Waals surface area contributed by atoms with Crippen LogP contribution >= 0.6 is 11.6 Å². The molecule has 2 N–H and O–H groups in total. The van der Waals surface area contributed by atoms with Gasteiger partial charge in [-0.1, -0.05) is 11.6 Å². The summed E-state index contributed by atoms with van der Waals surface area (Å²) in [6.07, 6.45) is -5.30. The van der Waals surface area contributed by atoms with E-state index < -0.39 is 36.3 Å². The average Bonchev–Trinajstić information content (AvgIpc) is 2.49. The number of benzene rings is 1. The molecular weight excluding hydrogens is 372 g/mol. The SMILES string of the molecule is CCOC(=O)[C@](NC(=O)Nc1ccc(F)c(Cl)c1)(OCC)C(F)(F)F. The van der Waals surface area contributed by atoms with Crippen LogP contribution in [0, 0.1) is 5.82 Å². The highest BCUT2D eigenvalue weighted by molar-refractivity contribution is 6.31. The smallest absolute Gasteiger partial charge is 0.448 e. The highest BCUT2D eigenvalue weighted by Gasteiger charge is 2.64. The number of esters is 1. The number of carbonyl (C=O) groups excluding carboxylic acids is 2. The molecule has 1 atom stereocenters. The fraction of sp³-hybridized carbons (Fsp3) is 0.429. The Labute approximate surface area is 145 Å². The first-order valence-corrected chi connectivity index (χ1v) is 7.37. The van der Waals surface area contributed by atoms with Crippen molar-refractivity contribution in [2.24, 2.45) is 0 Å². The van der Waals surface area contributed by atoms with E-state index in [1.165, 1.54) is 19.2 Å². The van der Waals surface area contributed by atoms with Crippen molar-refractivity contribution >= 4 is 29.3 Å². The average molecular weight is 387 g/mol. The van der Waals surface area contributed by atoms with Gasteiger partial charge in [0.05, 0.1) is 11.6 Å². The number of nitrogens with one attached hydrogen (secondary N) is 2. The maximum absolute atomic E-state index is 13.4. The van der Waals surface area contributed by atoms with Crippen molar-refractivity contribution in [3.63, 3.8) is 0 Å². The van der Waals surface area contributed by atoms with Crippen LogP contribution in [0.5, 0.6) is 0 Å². The van der Waals surface area contributed by atoms with Gasteiger partial charge in [-0.3, -0.25) is 5.32 Å². The Bertz CT molecular complexity index is 642. The number of rotatable bonds is 6. The lowest BCUT2D eigenvalue weighted by molar-refractivity contribution is -0.282. The van der Waals surface area contributed by atoms with E-state index in [9.17, 15) is 27.2 Å². The Morgan fingerprint density at radius 1 is 1.20 bits per heavy atom. The first-order valence-electron chi connectivity index (χ1n) is 6.99. The number of anilines is 1. The summed E-state index contributed by atoms with van der Waals surface area (Å²) in [4.78, 5) is 23.7. The number of hydrogen-bond donors (Lipinski definition) is 2. The molecule has 0 bridgehead atoms. The van der Waals surface area contributed by atoms with Gasteiger partial charge in [-0.2, -0.15) is 13.2 Å². The summed E-state index contributed by atoms with van der Waals surface area (Å²) in [6, 6.07) is 1.53. The number of amides is 2. The summed E-state index contributed by atoms with van der Waals surface area (Å²) in [5.74, 6) is -2.60. The van der Waals surface area contributed by atoms with E-state index in [1.807, 2.05) is 5.32 Å². The van der Waals surface area contributed by atoms with E-state index in [4.69, 9.17) is 11.6 Å². The van der Waals surface area contributed by atoms with E-state index >= 15 is 0 Å². The maximum atomic E-state index is 13.4. The molecule has 0 aliphatic rings. The third-order valence-electron chi connectivity index (χ3n) is 2.79. The van der Waals surface area contributed by atoms with Crippen LogP contribution in [0.15, 0.2) is 18.2 Å². The Morgan fingerprint density at radius 3 is 2.32 bits per heavy atom. The van der Waals surface area contributed by atoms with E-state index in [1.54, 1.807) is 0 Å². The second kappa shape index (κ2) is 8.34. The Morgan fingerprint density at radius 2 is 1.84 bits per heavy atom. The standard InChI is InChI=1S/C14H15ClF4N2O4/c1-3-24-11(22)13(25-4-2,14(17,18)19)21-12(23)20-8-5-6-10(16)9(15)7-8/h5-7H,3-4H2,1-2H3,(H2,20,21,23)/t13-/m0/s1. The monoisotopic (exact) mass is 386 g/mol. The summed E-state index contributed by atoms with van der Waals surface area (Å²) in [6.45, 7) is 1.60. The van der Waals surface area contributed by atoms with Crippen molar-refractivity contribution in [1.29, 1.82) is 0 Å². The van der Waals surface area contributed by atoms with Crippen LogP contribution in [0.25, 0.3) is 0 Å². The van der Waals surface area contributed by atoms with Gasteiger partial charge in [0.1, 0.15) is 5.82 Å². The predicted octanol–water partition coefficient (Wildman–Crippen LogP) is 3.46. The molecule has 11 heteroatoms. The van der Waals surface area contributed by atoms with Crippen LogP contribution in [0.3, 0.4) is 0 Å². The zero-order chi connectivity index (χ0) is 19.3. The van der Waals surface area contributed by atoms with E-state index in [-0.39, 0.29) is 17.3 Å². The van der Waals surface area contributed by atoms with Crippen molar-refractivity contribution in [2.45, 2.75) is 25.7 Å². The molecule has 0 saturated carbocycles. The summed E-state index contributed by atoms with van der Waals surface area (Å²) in [5, 5.41) is 3.08. The lowest BCUT2D eigenvalue weighted by atomic mass is 10.2. The third kappa shape index (κ3) is 4.95. The largest absolute Gasteiger partial charge is 0.462 e. The van der Waals surface area contributed by atoms with Crippen LogP contribution in [0.4, 0.5) is 28.0 Å². The normalized spacial score (nSPS) is 13.7. The predicted molar refractivity (Wildman–Crippen MR) is 80.6 cm³/mol. The number of carbonyl (C=O) groups is 2. The number of alkyl halides is 3. The van der Waals surface area contributed by atoms with E-state index in [0.29, 0.717) is 0 Å². The van der Waals surface area contributed by atoms with Gasteiger partial charge in [-0.15, -0.1) is 0 Å². The molecule has 0 saturated heterocycles. The van der Waals surface area contributed by atoms with E-state index in [2.05, 4.69) is 9.47 Å². The van der Waals surface area contributed by atoms with Gasteiger partial charge in [0.15, 0.2) is 0 Å². The third-order valence-corrected chi connectivity index (χ3v) is 3.08. The van der Waals surface area contributed by atoms with Gasteiger partial charge >= 0.3 is 23.9 Å². The Balaban J connectivity index is 3.08. The maximum Gasteiger partial charge on any atom is 0.448 e. The Hall–Kier alpha value is -2.07. The van der Waals surface area contributed by atoms with Gasteiger partial charge in [0.2, 0.25) is 0 Å². The molecule has 1 rings (SSSR count). The second-order valence-corrected chi connectivity index (χ2v) is 4.95. The molecule has 0 heterocycles. The molecule has 140 valence electrons. The minimum absolute atomic E-state index is 0.0969. The molecule has 0 aliphatic carbocycles. The number of halogens is 5. The molecule has 2 amide bonds. The first kappa shape index (κ1) is 21.0. The van der Waals surface area contributed by atoms with Crippen molar-refractivity contribution in [3.8, 4) is 0 Å². The fourth-order valence-corrected chi connectivity index (χ4v) is 1.94. The summed E-state index contributed by atoms with van der Waals surface area (Å²) < 4.78 is 62.2. The molecule has 0 aromatic heterocycles. The molecule has 0 radical (unpaired) electrons. The zero-order valence-corrected chi connectivity index (χ0v) is 13.9.